The van der Waals surface area contributed by atoms with Gasteiger partial charge in [-0.15, -0.1) is 0 Å². The van der Waals surface area contributed by atoms with Crippen molar-refractivity contribution in [3.05, 3.63) is 81.4 Å². The molecular formula is C26H31ClO. The number of hydrogen-bond acceptors (Lipinski definition) is 1. The van der Waals surface area contributed by atoms with Crippen molar-refractivity contribution in [1.29, 1.82) is 0 Å². The van der Waals surface area contributed by atoms with Gasteiger partial charge in [0.25, 0.3) is 0 Å². The zero-order chi connectivity index (χ0) is 20.4. The Labute approximate surface area is 175 Å². The Morgan fingerprint density at radius 1 is 0.929 bits per heavy atom. The van der Waals surface area contributed by atoms with E-state index in [4.69, 9.17) is 11.6 Å². The molecule has 1 atom stereocenters. The van der Waals surface area contributed by atoms with Crippen molar-refractivity contribution >= 4 is 11.6 Å². The maximum atomic E-state index is 11.2. The normalized spacial score (nSPS) is 12.8. The van der Waals surface area contributed by atoms with Crippen molar-refractivity contribution in [1.82, 2.24) is 0 Å². The second-order valence-electron chi connectivity index (χ2n) is 7.28. The van der Waals surface area contributed by atoms with Gasteiger partial charge in [-0.05, 0) is 68.0 Å². The molecule has 1 unspecified atom stereocenters. The van der Waals surface area contributed by atoms with E-state index in [-0.39, 0.29) is 0 Å². The number of aliphatic hydroxyl groups excluding tert-OH is 1. The summed E-state index contributed by atoms with van der Waals surface area (Å²) in [4.78, 5) is 0. The topological polar surface area (TPSA) is 20.2 Å². The number of benzene rings is 2. The van der Waals surface area contributed by atoms with E-state index in [2.05, 4.69) is 44.7 Å². The Morgan fingerprint density at radius 3 is 2.14 bits per heavy atom. The molecule has 1 N–H and O–H groups in total. The van der Waals surface area contributed by atoms with E-state index in [0.717, 1.165) is 60.8 Å². The number of rotatable bonds is 8. The van der Waals surface area contributed by atoms with Gasteiger partial charge in [-0.2, -0.15) is 0 Å². The van der Waals surface area contributed by atoms with Crippen molar-refractivity contribution in [2.24, 2.45) is 0 Å². The van der Waals surface area contributed by atoms with Crippen LogP contribution in [0.25, 0.3) is 0 Å². The molecule has 0 heterocycles. The highest BCUT2D eigenvalue weighted by Gasteiger charge is 2.17. The molecular weight excluding hydrogens is 364 g/mol. The first-order valence-corrected chi connectivity index (χ1v) is 10.7. The van der Waals surface area contributed by atoms with Gasteiger partial charge in [0.05, 0.1) is 0 Å². The van der Waals surface area contributed by atoms with E-state index in [0.29, 0.717) is 5.02 Å². The molecule has 2 rings (SSSR count). The van der Waals surface area contributed by atoms with Crippen molar-refractivity contribution in [3.63, 3.8) is 0 Å². The predicted molar refractivity (Wildman–Crippen MR) is 121 cm³/mol. The van der Waals surface area contributed by atoms with Gasteiger partial charge in [-0.25, -0.2) is 0 Å². The van der Waals surface area contributed by atoms with Crippen LogP contribution in [0.2, 0.25) is 5.02 Å². The summed E-state index contributed by atoms with van der Waals surface area (Å²) < 4.78 is 0. The standard InChI is InChI=1S/C26H31ClO/c1-4-6-8-22(17-12-21-13-18-24(27)19-14-21)25(9-7-5-2)26(28)23-15-10-20(3)11-16-23/h10-11,13-16,18-19,26,28H,4-9H2,1-3H3/b25-22-. The summed E-state index contributed by atoms with van der Waals surface area (Å²) in [5.41, 5.74) is 5.24. The zero-order valence-corrected chi connectivity index (χ0v) is 18.0. The molecule has 0 saturated heterocycles. The van der Waals surface area contributed by atoms with Crippen LogP contribution < -0.4 is 0 Å². The predicted octanol–water partition coefficient (Wildman–Crippen LogP) is 7.41. The summed E-state index contributed by atoms with van der Waals surface area (Å²) in [6.07, 6.45) is 5.50. The fourth-order valence-electron chi connectivity index (χ4n) is 3.11. The highest BCUT2D eigenvalue weighted by molar-refractivity contribution is 6.30. The van der Waals surface area contributed by atoms with Crippen LogP contribution in [0.1, 0.15) is 75.2 Å². The largest absolute Gasteiger partial charge is 0.384 e. The highest BCUT2D eigenvalue weighted by atomic mass is 35.5. The molecule has 28 heavy (non-hydrogen) atoms. The maximum Gasteiger partial charge on any atom is 0.101 e. The fourth-order valence-corrected chi connectivity index (χ4v) is 3.23. The molecule has 0 aliphatic carbocycles. The Bertz CT molecular complexity index is 819. The second kappa shape index (κ2) is 11.7. The van der Waals surface area contributed by atoms with Gasteiger partial charge in [0.1, 0.15) is 6.10 Å². The van der Waals surface area contributed by atoms with Crippen LogP contribution in [-0.4, -0.2) is 5.11 Å². The maximum absolute atomic E-state index is 11.2. The number of aryl methyl sites for hydroxylation is 1. The summed E-state index contributed by atoms with van der Waals surface area (Å²) in [5, 5.41) is 11.9. The van der Waals surface area contributed by atoms with Crippen LogP contribution in [0, 0.1) is 18.8 Å². The van der Waals surface area contributed by atoms with Gasteiger partial charge in [0.15, 0.2) is 0 Å². The SMILES string of the molecule is CCCC/C(C#Cc1ccc(Cl)cc1)=C(\CCCC)C(O)c1ccc(C)cc1. The van der Waals surface area contributed by atoms with Crippen LogP contribution in [0.3, 0.4) is 0 Å². The number of halogens is 1. The van der Waals surface area contributed by atoms with Crippen LogP contribution in [-0.2, 0) is 0 Å². The number of unbranched alkanes of at least 4 members (excludes halogenated alkanes) is 2. The van der Waals surface area contributed by atoms with Gasteiger partial charge in [0, 0.05) is 16.2 Å². The molecule has 0 fully saturated rings. The number of allylic oxidation sites excluding steroid dienone is 1. The van der Waals surface area contributed by atoms with Gasteiger partial charge >= 0.3 is 0 Å². The lowest BCUT2D eigenvalue weighted by atomic mass is 9.90. The monoisotopic (exact) mass is 394 g/mol. The molecule has 0 aliphatic rings. The molecule has 0 bridgehead atoms. The van der Waals surface area contributed by atoms with Crippen molar-refractivity contribution in [2.75, 3.05) is 0 Å². The van der Waals surface area contributed by atoms with Crippen molar-refractivity contribution in [2.45, 2.75) is 65.4 Å². The van der Waals surface area contributed by atoms with E-state index in [1.807, 2.05) is 36.4 Å². The van der Waals surface area contributed by atoms with E-state index in [1.54, 1.807) is 0 Å². The zero-order valence-electron chi connectivity index (χ0n) is 17.3. The van der Waals surface area contributed by atoms with Gasteiger partial charge in [-0.3, -0.25) is 0 Å². The summed E-state index contributed by atoms with van der Waals surface area (Å²) >= 11 is 5.98. The van der Waals surface area contributed by atoms with Crippen LogP contribution in [0.5, 0.6) is 0 Å². The van der Waals surface area contributed by atoms with Crippen molar-refractivity contribution in [3.8, 4) is 11.8 Å². The van der Waals surface area contributed by atoms with Crippen LogP contribution in [0.4, 0.5) is 0 Å². The summed E-state index contributed by atoms with van der Waals surface area (Å²) in [6, 6.07) is 15.8. The average molecular weight is 395 g/mol. The second-order valence-corrected chi connectivity index (χ2v) is 7.72. The molecule has 0 radical (unpaired) electrons. The van der Waals surface area contributed by atoms with Crippen LogP contribution in [0.15, 0.2) is 59.7 Å². The molecule has 0 aromatic heterocycles. The Hall–Kier alpha value is -2.01. The lowest BCUT2D eigenvalue weighted by molar-refractivity contribution is 0.209. The molecule has 0 aliphatic heterocycles. The Balaban J connectivity index is 2.44. The van der Waals surface area contributed by atoms with E-state index >= 15 is 0 Å². The molecule has 2 heteroatoms. The van der Waals surface area contributed by atoms with Gasteiger partial charge in [-0.1, -0.05) is 80.0 Å². The summed E-state index contributed by atoms with van der Waals surface area (Å²) in [6.45, 7) is 6.43. The fraction of sp³-hybridized carbons (Fsp3) is 0.385. The molecule has 1 nitrogen and oxygen atoms in total. The first kappa shape index (κ1) is 22.3. The minimum Gasteiger partial charge on any atom is -0.384 e. The Morgan fingerprint density at radius 2 is 1.54 bits per heavy atom. The highest BCUT2D eigenvalue weighted by Crippen LogP contribution is 2.30. The smallest absolute Gasteiger partial charge is 0.101 e. The molecule has 0 amide bonds. The average Bonchev–Trinajstić information content (AvgIpc) is 2.71. The van der Waals surface area contributed by atoms with E-state index in [9.17, 15) is 5.11 Å². The number of aliphatic hydroxyl groups is 1. The molecule has 0 saturated carbocycles. The Kier molecular flexibility index (Phi) is 9.35. The van der Waals surface area contributed by atoms with E-state index < -0.39 is 6.10 Å². The molecule has 0 spiro atoms. The summed E-state index contributed by atoms with van der Waals surface area (Å²) in [5.74, 6) is 6.66. The van der Waals surface area contributed by atoms with Crippen molar-refractivity contribution < 1.29 is 5.11 Å². The molecule has 148 valence electrons. The van der Waals surface area contributed by atoms with Gasteiger partial charge < -0.3 is 5.11 Å². The third-order valence-electron chi connectivity index (χ3n) is 4.89. The quantitative estimate of drug-likeness (QED) is 0.462. The lowest BCUT2D eigenvalue weighted by Gasteiger charge is -2.19. The summed E-state index contributed by atoms with van der Waals surface area (Å²) in [7, 11) is 0. The molecule has 2 aromatic rings. The number of hydrogen-bond donors (Lipinski definition) is 1. The van der Waals surface area contributed by atoms with Crippen LogP contribution >= 0.6 is 11.6 Å². The minimum atomic E-state index is -0.599. The lowest BCUT2D eigenvalue weighted by Crippen LogP contribution is -2.06. The minimum absolute atomic E-state index is 0.599. The third-order valence-corrected chi connectivity index (χ3v) is 5.14. The first-order valence-electron chi connectivity index (χ1n) is 10.3. The first-order chi connectivity index (χ1) is 13.5. The van der Waals surface area contributed by atoms with Gasteiger partial charge in [0.2, 0.25) is 0 Å². The molecule has 2 aromatic carbocycles. The van der Waals surface area contributed by atoms with E-state index in [1.165, 1.54) is 5.56 Å². The third kappa shape index (κ3) is 6.86.